The fraction of sp³-hybridized carbons (Fsp3) is 0.467. The Morgan fingerprint density at radius 2 is 2.00 bits per heavy atom. The summed E-state index contributed by atoms with van der Waals surface area (Å²) in [5, 5.41) is 5.39. The zero-order valence-corrected chi connectivity index (χ0v) is 12.9. The molecule has 0 radical (unpaired) electrons. The second kappa shape index (κ2) is 7.21. The Kier molecular flexibility index (Phi) is 5.51. The molecule has 2 atom stereocenters. The summed E-state index contributed by atoms with van der Waals surface area (Å²) in [6, 6.07) is 4.70. The molecule has 4 nitrogen and oxygen atoms in total. The van der Waals surface area contributed by atoms with Crippen LogP contribution in [0.3, 0.4) is 0 Å². The maximum Gasteiger partial charge on any atom is 0.391 e. The molecule has 0 aliphatic carbocycles. The minimum absolute atomic E-state index is 0.143. The molecule has 0 bridgehead atoms. The zero-order valence-electron chi connectivity index (χ0n) is 12.1. The Labute approximate surface area is 136 Å². The van der Waals surface area contributed by atoms with Gasteiger partial charge in [0.25, 0.3) is 0 Å². The number of alkyl halides is 3. The van der Waals surface area contributed by atoms with E-state index < -0.39 is 30.5 Å². The summed E-state index contributed by atoms with van der Waals surface area (Å²) in [6.07, 6.45) is -5.06. The van der Waals surface area contributed by atoms with Crippen molar-refractivity contribution < 1.29 is 22.8 Å². The molecule has 8 heteroatoms. The monoisotopic (exact) mass is 348 g/mol. The molecule has 0 spiro atoms. The van der Waals surface area contributed by atoms with E-state index in [0.717, 1.165) is 0 Å². The van der Waals surface area contributed by atoms with Gasteiger partial charge in [-0.05, 0) is 24.1 Å². The highest BCUT2D eigenvalue weighted by molar-refractivity contribution is 6.30. The summed E-state index contributed by atoms with van der Waals surface area (Å²) in [5.41, 5.74) is 0.333. The van der Waals surface area contributed by atoms with Crippen molar-refractivity contribution in [3.05, 3.63) is 34.9 Å². The maximum absolute atomic E-state index is 12.8. The van der Waals surface area contributed by atoms with Gasteiger partial charge < -0.3 is 10.6 Å². The largest absolute Gasteiger partial charge is 0.391 e. The Hall–Kier alpha value is -1.76. The van der Waals surface area contributed by atoms with E-state index in [1.54, 1.807) is 0 Å². The number of hydrogen-bond acceptors (Lipinski definition) is 2. The molecular weight excluding hydrogens is 333 g/mol. The van der Waals surface area contributed by atoms with E-state index in [0.29, 0.717) is 17.0 Å². The molecule has 2 N–H and O–H groups in total. The van der Waals surface area contributed by atoms with Crippen LogP contribution < -0.4 is 10.6 Å². The number of amides is 2. The average molecular weight is 349 g/mol. The molecular formula is C15H16ClF3N2O2. The second-order valence-electron chi connectivity index (χ2n) is 5.47. The summed E-state index contributed by atoms with van der Waals surface area (Å²) in [4.78, 5) is 23.3. The van der Waals surface area contributed by atoms with E-state index >= 15 is 0 Å². The lowest BCUT2D eigenvalue weighted by molar-refractivity contribution is -0.143. The third kappa shape index (κ3) is 5.42. The molecule has 0 aromatic heterocycles. The minimum Gasteiger partial charge on any atom is -0.355 e. The van der Waals surface area contributed by atoms with Gasteiger partial charge in [0.15, 0.2) is 0 Å². The van der Waals surface area contributed by atoms with Crippen LogP contribution in [-0.4, -0.2) is 24.5 Å². The highest BCUT2D eigenvalue weighted by Gasteiger charge is 2.35. The van der Waals surface area contributed by atoms with Crippen LogP contribution in [0.4, 0.5) is 13.2 Å². The van der Waals surface area contributed by atoms with Crippen LogP contribution in [0.5, 0.6) is 0 Å². The third-order valence-corrected chi connectivity index (χ3v) is 3.91. The van der Waals surface area contributed by atoms with Crippen molar-refractivity contribution in [1.82, 2.24) is 10.6 Å². The highest BCUT2D eigenvalue weighted by atomic mass is 35.5. The van der Waals surface area contributed by atoms with Crippen molar-refractivity contribution in [1.29, 1.82) is 0 Å². The van der Waals surface area contributed by atoms with Gasteiger partial charge in [0.1, 0.15) is 0 Å². The van der Waals surface area contributed by atoms with Crippen molar-refractivity contribution in [2.24, 2.45) is 5.92 Å². The first-order valence-electron chi connectivity index (χ1n) is 7.14. The van der Waals surface area contributed by atoms with Crippen molar-refractivity contribution in [2.75, 3.05) is 6.54 Å². The second-order valence-corrected chi connectivity index (χ2v) is 5.91. The van der Waals surface area contributed by atoms with Gasteiger partial charge in [-0.15, -0.1) is 0 Å². The predicted molar refractivity (Wildman–Crippen MR) is 78.7 cm³/mol. The number of benzene rings is 1. The number of piperidine rings is 1. The van der Waals surface area contributed by atoms with Crippen molar-refractivity contribution in [3.8, 4) is 0 Å². The first kappa shape index (κ1) is 17.6. The number of halogens is 4. The van der Waals surface area contributed by atoms with Crippen molar-refractivity contribution in [3.63, 3.8) is 0 Å². The standard InChI is InChI=1S/C15H16ClF3N2O2/c16-11-4-1-9(2-5-11)12(7-15(17,18)19)21-14(23)10-3-6-13(22)20-8-10/h1-2,4-5,10,12H,3,6-8H2,(H,20,22)(H,21,23)/t10-,12+/m1/s1. The van der Waals surface area contributed by atoms with Gasteiger partial charge >= 0.3 is 6.18 Å². The van der Waals surface area contributed by atoms with Gasteiger partial charge in [0, 0.05) is 18.0 Å². The Bertz CT molecular complexity index is 565. The number of nitrogens with one attached hydrogen (secondary N) is 2. The van der Waals surface area contributed by atoms with Gasteiger partial charge in [-0.3, -0.25) is 9.59 Å². The van der Waals surface area contributed by atoms with E-state index in [1.807, 2.05) is 0 Å². The summed E-state index contributed by atoms with van der Waals surface area (Å²) >= 11 is 5.74. The molecule has 0 saturated carbocycles. The molecule has 23 heavy (non-hydrogen) atoms. The summed E-state index contributed by atoms with van der Waals surface area (Å²) in [5.74, 6) is -1.16. The van der Waals surface area contributed by atoms with Crippen molar-refractivity contribution in [2.45, 2.75) is 31.5 Å². The van der Waals surface area contributed by atoms with Crippen LogP contribution in [0.15, 0.2) is 24.3 Å². The van der Waals surface area contributed by atoms with Crippen LogP contribution in [0.2, 0.25) is 5.02 Å². The van der Waals surface area contributed by atoms with Gasteiger partial charge in [-0.1, -0.05) is 23.7 Å². The van der Waals surface area contributed by atoms with Gasteiger partial charge in [0.2, 0.25) is 11.8 Å². The SMILES string of the molecule is O=C1CC[C@@H](C(=O)N[C@@H](CC(F)(F)F)c2ccc(Cl)cc2)CN1. The first-order chi connectivity index (χ1) is 10.7. The first-order valence-corrected chi connectivity index (χ1v) is 7.51. The van der Waals surface area contributed by atoms with E-state index in [4.69, 9.17) is 11.6 Å². The average Bonchev–Trinajstić information content (AvgIpc) is 2.46. The topological polar surface area (TPSA) is 58.2 Å². The molecule has 1 fully saturated rings. The number of carbonyl (C=O) groups excluding carboxylic acids is 2. The van der Waals surface area contributed by atoms with Crippen LogP contribution in [-0.2, 0) is 9.59 Å². The lowest BCUT2D eigenvalue weighted by Gasteiger charge is -2.26. The highest BCUT2D eigenvalue weighted by Crippen LogP contribution is 2.30. The Morgan fingerprint density at radius 1 is 1.35 bits per heavy atom. The molecule has 1 aromatic rings. The molecule has 2 rings (SSSR count). The fourth-order valence-electron chi connectivity index (χ4n) is 2.42. The lowest BCUT2D eigenvalue weighted by atomic mass is 9.96. The van der Waals surface area contributed by atoms with Gasteiger partial charge in [0.05, 0.1) is 18.4 Å². The molecule has 1 saturated heterocycles. The van der Waals surface area contributed by atoms with E-state index in [9.17, 15) is 22.8 Å². The molecule has 126 valence electrons. The normalized spacial score (nSPS) is 19.8. The van der Waals surface area contributed by atoms with Crippen LogP contribution in [0.25, 0.3) is 0 Å². The van der Waals surface area contributed by atoms with Crippen LogP contribution >= 0.6 is 11.6 Å². The minimum atomic E-state index is -4.42. The number of rotatable bonds is 4. The number of hydrogen-bond donors (Lipinski definition) is 2. The van der Waals surface area contributed by atoms with Crippen LogP contribution in [0.1, 0.15) is 30.9 Å². The predicted octanol–water partition coefficient (Wildman–Crippen LogP) is 2.98. The third-order valence-electron chi connectivity index (χ3n) is 3.66. The van der Waals surface area contributed by atoms with E-state index in [1.165, 1.54) is 24.3 Å². The number of carbonyl (C=O) groups is 2. The fourth-order valence-corrected chi connectivity index (χ4v) is 2.55. The van der Waals surface area contributed by atoms with Gasteiger partial charge in [-0.25, -0.2) is 0 Å². The Balaban J connectivity index is 2.09. The van der Waals surface area contributed by atoms with E-state index in [-0.39, 0.29) is 18.9 Å². The summed E-state index contributed by atoms with van der Waals surface area (Å²) < 4.78 is 38.3. The summed E-state index contributed by atoms with van der Waals surface area (Å²) in [6.45, 7) is 0.143. The summed E-state index contributed by atoms with van der Waals surface area (Å²) in [7, 11) is 0. The molecule has 1 aliphatic rings. The lowest BCUT2D eigenvalue weighted by Crippen LogP contribution is -2.44. The quantitative estimate of drug-likeness (QED) is 0.879. The molecule has 2 amide bonds. The van der Waals surface area contributed by atoms with Crippen molar-refractivity contribution >= 4 is 23.4 Å². The zero-order chi connectivity index (χ0) is 17.0. The van der Waals surface area contributed by atoms with Crippen LogP contribution in [0, 0.1) is 5.92 Å². The Morgan fingerprint density at radius 3 is 2.52 bits per heavy atom. The van der Waals surface area contributed by atoms with E-state index in [2.05, 4.69) is 10.6 Å². The maximum atomic E-state index is 12.8. The molecule has 0 unspecified atom stereocenters. The molecule has 1 heterocycles. The smallest absolute Gasteiger partial charge is 0.355 e. The van der Waals surface area contributed by atoms with Gasteiger partial charge in [-0.2, -0.15) is 13.2 Å². The molecule has 1 aromatic carbocycles. The molecule has 1 aliphatic heterocycles.